The highest BCUT2D eigenvalue weighted by Crippen LogP contribution is 2.25. The average Bonchev–Trinajstić information content (AvgIpc) is 2.47. The summed E-state index contributed by atoms with van der Waals surface area (Å²) in [6.07, 6.45) is 1.50. The first-order valence-electron chi connectivity index (χ1n) is 6.50. The molecule has 2 rings (SSSR count). The maximum absolute atomic E-state index is 12.6. The van der Waals surface area contributed by atoms with Crippen LogP contribution in [-0.4, -0.2) is 48.6 Å². The minimum absolute atomic E-state index is 0.0149. The normalized spacial score (nSPS) is 20.4. The van der Waals surface area contributed by atoms with Crippen LogP contribution in [0.5, 0.6) is 0 Å². The molecular formula is C13H16INO5S. The van der Waals surface area contributed by atoms with Crippen LogP contribution in [0.15, 0.2) is 23.1 Å². The highest BCUT2D eigenvalue weighted by molar-refractivity contribution is 14.1. The van der Waals surface area contributed by atoms with E-state index in [1.54, 1.807) is 0 Å². The van der Waals surface area contributed by atoms with Gasteiger partial charge in [-0.1, -0.05) is 0 Å². The topological polar surface area (TPSA) is 94.9 Å². The minimum Gasteiger partial charge on any atom is -0.478 e. The van der Waals surface area contributed by atoms with Crippen LogP contribution in [0.2, 0.25) is 0 Å². The zero-order chi connectivity index (χ0) is 15.6. The summed E-state index contributed by atoms with van der Waals surface area (Å²) in [7, 11) is -3.72. The fourth-order valence-electron chi connectivity index (χ4n) is 2.37. The monoisotopic (exact) mass is 425 g/mol. The molecule has 1 aromatic rings. The summed E-state index contributed by atoms with van der Waals surface area (Å²) in [6.45, 7) is 0.625. The van der Waals surface area contributed by atoms with E-state index in [9.17, 15) is 18.3 Å². The molecule has 0 saturated carbocycles. The molecule has 8 heteroatoms. The minimum atomic E-state index is -3.72. The van der Waals surface area contributed by atoms with E-state index in [0.717, 1.165) is 6.42 Å². The number of hydrogen-bond donors (Lipinski definition) is 2. The van der Waals surface area contributed by atoms with E-state index in [4.69, 9.17) is 5.11 Å². The number of sulfonamides is 1. The molecule has 2 N–H and O–H groups in total. The van der Waals surface area contributed by atoms with Gasteiger partial charge >= 0.3 is 5.97 Å². The molecular weight excluding hydrogens is 409 g/mol. The number of aromatic carboxylic acids is 1. The second-order valence-electron chi connectivity index (χ2n) is 5.00. The number of aliphatic hydroxyl groups is 1. The number of carboxylic acid groups (broad SMARTS) is 1. The second kappa shape index (κ2) is 6.59. The number of halogens is 1. The Morgan fingerprint density at radius 3 is 2.76 bits per heavy atom. The molecule has 0 bridgehead atoms. The molecule has 6 nitrogen and oxygen atoms in total. The molecule has 0 aromatic heterocycles. The molecule has 1 aliphatic heterocycles. The smallest absolute Gasteiger partial charge is 0.336 e. The van der Waals surface area contributed by atoms with E-state index in [2.05, 4.69) is 0 Å². The second-order valence-corrected chi connectivity index (χ2v) is 8.10. The maximum Gasteiger partial charge on any atom is 0.336 e. The third-order valence-electron chi connectivity index (χ3n) is 3.55. The van der Waals surface area contributed by atoms with Gasteiger partial charge < -0.3 is 10.2 Å². The van der Waals surface area contributed by atoms with Crippen molar-refractivity contribution in [3.8, 4) is 0 Å². The van der Waals surface area contributed by atoms with Crippen LogP contribution < -0.4 is 0 Å². The van der Waals surface area contributed by atoms with Gasteiger partial charge in [-0.2, -0.15) is 4.31 Å². The van der Waals surface area contributed by atoms with Gasteiger partial charge in [0.2, 0.25) is 10.0 Å². The summed E-state index contributed by atoms with van der Waals surface area (Å²) in [5.74, 6) is -1.21. The Labute approximate surface area is 137 Å². The van der Waals surface area contributed by atoms with Gasteiger partial charge in [-0.15, -0.1) is 0 Å². The van der Waals surface area contributed by atoms with Crippen LogP contribution in [0.3, 0.4) is 0 Å². The van der Waals surface area contributed by atoms with Crippen molar-refractivity contribution in [2.24, 2.45) is 5.92 Å². The Balaban J connectivity index is 2.35. The Hall–Kier alpha value is -0.710. The van der Waals surface area contributed by atoms with Gasteiger partial charge in [0.25, 0.3) is 0 Å². The predicted octanol–water partition coefficient (Wildman–Crippen LogP) is 1.38. The first-order valence-corrected chi connectivity index (χ1v) is 9.02. The maximum atomic E-state index is 12.6. The van der Waals surface area contributed by atoms with Crippen molar-refractivity contribution < 1.29 is 23.4 Å². The zero-order valence-corrected chi connectivity index (χ0v) is 14.2. The highest BCUT2D eigenvalue weighted by atomic mass is 127. The van der Waals surface area contributed by atoms with Crippen LogP contribution in [0.1, 0.15) is 23.2 Å². The first-order chi connectivity index (χ1) is 9.86. The van der Waals surface area contributed by atoms with Crippen molar-refractivity contribution in [1.82, 2.24) is 4.31 Å². The summed E-state index contributed by atoms with van der Waals surface area (Å²) in [5, 5.41) is 18.3. The van der Waals surface area contributed by atoms with Crippen LogP contribution >= 0.6 is 22.6 Å². The number of aliphatic hydroxyl groups excluding tert-OH is 1. The van der Waals surface area contributed by atoms with E-state index < -0.39 is 16.0 Å². The van der Waals surface area contributed by atoms with Crippen LogP contribution in [0.4, 0.5) is 0 Å². The molecule has 0 spiro atoms. The molecule has 0 aliphatic carbocycles. The van der Waals surface area contributed by atoms with Crippen molar-refractivity contribution >= 4 is 38.6 Å². The van der Waals surface area contributed by atoms with Crippen molar-refractivity contribution in [2.45, 2.75) is 17.7 Å². The van der Waals surface area contributed by atoms with Gasteiger partial charge in [0.05, 0.1) is 10.5 Å². The van der Waals surface area contributed by atoms with Gasteiger partial charge in [-0.3, -0.25) is 0 Å². The fourth-order valence-corrected chi connectivity index (χ4v) is 4.52. The summed E-state index contributed by atoms with van der Waals surface area (Å²) in [4.78, 5) is 11.1. The Bertz CT molecular complexity index is 646. The van der Waals surface area contributed by atoms with Crippen LogP contribution in [-0.2, 0) is 10.0 Å². The fraction of sp³-hybridized carbons (Fsp3) is 0.462. The standard InChI is InChI=1S/C13H16INO5S/c14-12-4-3-10(6-11(12)13(17)18)21(19,20)15-5-1-2-9(7-15)8-16/h3-4,6,9,16H,1-2,5,7-8H2,(H,17,18). The summed E-state index contributed by atoms with van der Waals surface area (Å²) >= 11 is 1.86. The van der Waals surface area contributed by atoms with Gasteiger partial charge in [-0.05, 0) is 59.5 Å². The lowest BCUT2D eigenvalue weighted by atomic mass is 10.0. The molecule has 1 atom stereocenters. The van der Waals surface area contributed by atoms with E-state index in [1.807, 2.05) is 22.6 Å². The molecule has 0 amide bonds. The van der Waals surface area contributed by atoms with E-state index in [0.29, 0.717) is 16.5 Å². The Kier molecular flexibility index (Phi) is 5.23. The number of nitrogens with zero attached hydrogens (tertiary/aromatic N) is 1. The third kappa shape index (κ3) is 3.55. The molecule has 1 aromatic carbocycles. The van der Waals surface area contributed by atoms with Crippen molar-refractivity contribution in [1.29, 1.82) is 0 Å². The van der Waals surface area contributed by atoms with Gasteiger partial charge in [-0.25, -0.2) is 13.2 Å². The van der Waals surface area contributed by atoms with Crippen molar-refractivity contribution in [3.05, 3.63) is 27.3 Å². The number of carbonyl (C=O) groups is 1. The third-order valence-corrected chi connectivity index (χ3v) is 6.35. The van der Waals surface area contributed by atoms with E-state index in [-0.39, 0.29) is 29.5 Å². The molecule has 1 aliphatic rings. The molecule has 21 heavy (non-hydrogen) atoms. The SMILES string of the molecule is O=C(O)c1cc(S(=O)(=O)N2CCCC(CO)C2)ccc1I. The molecule has 0 radical (unpaired) electrons. The lowest BCUT2D eigenvalue weighted by Crippen LogP contribution is -2.40. The molecule has 1 saturated heterocycles. The number of benzene rings is 1. The van der Waals surface area contributed by atoms with Crippen molar-refractivity contribution in [3.63, 3.8) is 0 Å². The molecule has 1 fully saturated rings. The summed E-state index contributed by atoms with van der Waals surface area (Å²) < 4.78 is 27.0. The summed E-state index contributed by atoms with van der Waals surface area (Å²) in [6, 6.07) is 4.11. The predicted molar refractivity (Wildman–Crippen MR) is 84.7 cm³/mol. The lowest BCUT2D eigenvalue weighted by molar-refractivity contribution is 0.0695. The Morgan fingerprint density at radius 1 is 1.43 bits per heavy atom. The zero-order valence-electron chi connectivity index (χ0n) is 11.2. The largest absolute Gasteiger partial charge is 0.478 e. The van der Waals surface area contributed by atoms with Crippen LogP contribution in [0.25, 0.3) is 0 Å². The highest BCUT2D eigenvalue weighted by Gasteiger charge is 2.30. The molecule has 1 heterocycles. The van der Waals surface area contributed by atoms with Gasteiger partial charge in [0.1, 0.15) is 0 Å². The lowest BCUT2D eigenvalue weighted by Gasteiger charge is -2.31. The van der Waals surface area contributed by atoms with Crippen molar-refractivity contribution in [2.75, 3.05) is 19.7 Å². The van der Waals surface area contributed by atoms with E-state index >= 15 is 0 Å². The number of carboxylic acids is 1. The van der Waals surface area contributed by atoms with Gasteiger partial charge in [0, 0.05) is 23.3 Å². The van der Waals surface area contributed by atoms with E-state index in [1.165, 1.54) is 22.5 Å². The quantitative estimate of drug-likeness (QED) is 0.711. The van der Waals surface area contributed by atoms with Crippen LogP contribution in [0, 0.1) is 9.49 Å². The number of piperidine rings is 1. The number of rotatable bonds is 4. The number of hydrogen-bond acceptors (Lipinski definition) is 4. The Morgan fingerprint density at radius 2 is 2.14 bits per heavy atom. The summed E-state index contributed by atoms with van der Waals surface area (Å²) in [5.41, 5.74) is -0.0209. The molecule has 1 unspecified atom stereocenters. The molecule has 116 valence electrons. The van der Waals surface area contributed by atoms with Gasteiger partial charge in [0.15, 0.2) is 0 Å². The first kappa shape index (κ1) is 16.7. The average molecular weight is 425 g/mol.